The number of nitrogens with one attached hydrogen (secondary N) is 1. The van der Waals surface area contributed by atoms with Crippen molar-refractivity contribution in [2.45, 2.75) is 18.9 Å². The van der Waals surface area contributed by atoms with Crippen LogP contribution in [-0.2, 0) is 13.0 Å². The molecule has 3 aromatic rings. The molecule has 0 bridgehead atoms. The lowest BCUT2D eigenvalue weighted by Crippen LogP contribution is -2.06. The van der Waals surface area contributed by atoms with E-state index >= 15 is 0 Å². The topological polar surface area (TPSA) is 68.8 Å². The van der Waals surface area contributed by atoms with Crippen LogP contribution in [0.4, 0.5) is 5.69 Å². The fraction of sp³-hybridized carbons (Fsp3) is 0.267. The molecule has 106 valence electrons. The van der Waals surface area contributed by atoms with Crippen molar-refractivity contribution in [2.24, 2.45) is 0 Å². The lowest BCUT2D eigenvalue weighted by Gasteiger charge is -2.05. The summed E-state index contributed by atoms with van der Waals surface area (Å²) in [5.41, 5.74) is 2.53. The van der Waals surface area contributed by atoms with Crippen LogP contribution in [0.15, 0.2) is 47.2 Å². The third kappa shape index (κ3) is 2.40. The van der Waals surface area contributed by atoms with Gasteiger partial charge in [0, 0.05) is 37.0 Å². The number of rotatable bonds is 4. The quantitative estimate of drug-likeness (QED) is 0.792. The van der Waals surface area contributed by atoms with E-state index in [-0.39, 0.29) is 0 Å². The minimum atomic E-state index is 0.388. The van der Waals surface area contributed by atoms with E-state index in [1.54, 1.807) is 10.9 Å². The van der Waals surface area contributed by atoms with Crippen molar-refractivity contribution >= 4 is 5.69 Å². The largest absolute Gasteiger partial charge is 0.384 e. The third-order valence-corrected chi connectivity index (χ3v) is 3.73. The van der Waals surface area contributed by atoms with Crippen LogP contribution >= 0.6 is 0 Å². The predicted molar refractivity (Wildman–Crippen MR) is 77.0 cm³/mol. The Balaban J connectivity index is 1.48. The fourth-order valence-corrected chi connectivity index (χ4v) is 2.73. The van der Waals surface area contributed by atoms with Crippen molar-refractivity contribution in [1.29, 1.82) is 0 Å². The first-order valence-corrected chi connectivity index (χ1v) is 7.00. The van der Waals surface area contributed by atoms with Crippen molar-refractivity contribution in [2.75, 3.05) is 11.9 Å². The molecule has 1 aliphatic heterocycles. The summed E-state index contributed by atoms with van der Waals surface area (Å²) in [6.07, 6.45) is 4.38. The number of anilines is 1. The van der Waals surface area contributed by atoms with E-state index in [2.05, 4.69) is 38.8 Å². The number of hydrogen-bond donors (Lipinski definition) is 1. The molecule has 2 aromatic heterocycles. The molecule has 1 N–H and O–H groups in total. The summed E-state index contributed by atoms with van der Waals surface area (Å²) in [5, 5.41) is 11.6. The summed E-state index contributed by atoms with van der Waals surface area (Å²) in [6, 6.07) is 10.2. The van der Waals surface area contributed by atoms with Crippen LogP contribution < -0.4 is 5.32 Å². The number of aromatic nitrogens is 4. The van der Waals surface area contributed by atoms with Crippen molar-refractivity contribution in [3.05, 3.63) is 60.0 Å². The van der Waals surface area contributed by atoms with Gasteiger partial charge >= 0.3 is 0 Å². The maximum Gasteiger partial charge on any atom is 0.227 e. The Bertz CT molecular complexity index is 734. The van der Waals surface area contributed by atoms with Gasteiger partial charge in [-0.15, -0.1) is 0 Å². The Morgan fingerprint density at radius 2 is 2.24 bits per heavy atom. The van der Waals surface area contributed by atoms with Crippen LogP contribution in [0.2, 0.25) is 0 Å². The van der Waals surface area contributed by atoms with E-state index in [1.165, 1.54) is 11.3 Å². The summed E-state index contributed by atoms with van der Waals surface area (Å²) >= 11 is 0. The van der Waals surface area contributed by atoms with Gasteiger partial charge < -0.3 is 9.84 Å². The lowest BCUT2D eigenvalue weighted by molar-refractivity contribution is 0.365. The molecule has 1 unspecified atom stereocenters. The molecular weight excluding hydrogens is 266 g/mol. The van der Waals surface area contributed by atoms with Gasteiger partial charge in [-0.05, 0) is 17.7 Å². The second kappa shape index (κ2) is 5.05. The van der Waals surface area contributed by atoms with Gasteiger partial charge in [0.2, 0.25) is 5.89 Å². The Kier molecular flexibility index (Phi) is 2.92. The minimum absolute atomic E-state index is 0.388. The molecule has 1 aliphatic rings. The van der Waals surface area contributed by atoms with Crippen LogP contribution in [0.3, 0.4) is 0 Å². The molecule has 0 aliphatic carbocycles. The average Bonchev–Trinajstić information content (AvgIpc) is 3.23. The van der Waals surface area contributed by atoms with Crippen molar-refractivity contribution in [1.82, 2.24) is 19.9 Å². The first-order chi connectivity index (χ1) is 10.4. The van der Waals surface area contributed by atoms with Gasteiger partial charge in [-0.3, -0.25) is 4.68 Å². The van der Waals surface area contributed by atoms with Crippen LogP contribution in [0.1, 0.15) is 23.2 Å². The first kappa shape index (κ1) is 12.1. The molecule has 3 heterocycles. The number of nitrogens with zero attached hydrogens (tertiary/aromatic N) is 4. The molecule has 0 fully saturated rings. The molecular formula is C15H15N5O. The smallest absolute Gasteiger partial charge is 0.227 e. The summed E-state index contributed by atoms with van der Waals surface area (Å²) < 4.78 is 7.14. The molecule has 0 saturated heterocycles. The van der Waals surface area contributed by atoms with Gasteiger partial charge in [-0.2, -0.15) is 10.1 Å². The SMILES string of the molecule is c1ccc2c(c1)NCC2Cc1nc(Cn2cccn2)no1. The second-order valence-electron chi connectivity index (χ2n) is 5.18. The zero-order chi connectivity index (χ0) is 14.1. The maximum absolute atomic E-state index is 5.36. The summed E-state index contributed by atoms with van der Waals surface area (Å²) in [7, 11) is 0. The summed E-state index contributed by atoms with van der Waals surface area (Å²) in [5.74, 6) is 1.73. The van der Waals surface area contributed by atoms with Crippen LogP contribution in [-0.4, -0.2) is 26.5 Å². The molecule has 1 aromatic carbocycles. The Hall–Kier alpha value is -2.63. The van der Waals surface area contributed by atoms with Crippen molar-refractivity contribution in [3.8, 4) is 0 Å². The molecule has 0 radical (unpaired) electrons. The second-order valence-corrected chi connectivity index (χ2v) is 5.18. The molecule has 1 atom stereocenters. The normalized spacial score (nSPS) is 16.7. The highest BCUT2D eigenvalue weighted by Gasteiger charge is 2.24. The van der Waals surface area contributed by atoms with E-state index in [0.29, 0.717) is 24.2 Å². The Morgan fingerprint density at radius 1 is 1.29 bits per heavy atom. The maximum atomic E-state index is 5.36. The molecule has 0 saturated carbocycles. The van der Waals surface area contributed by atoms with Gasteiger partial charge in [0.05, 0.1) is 0 Å². The van der Waals surface area contributed by atoms with Crippen molar-refractivity contribution < 1.29 is 4.52 Å². The minimum Gasteiger partial charge on any atom is -0.384 e. The van der Waals surface area contributed by atoms with Gasteiger partial charge in [0.15, 0.2) is 5.82 Å². The first-order valence-electron chi connectivity index (χ1n) is 7.00. The average molecular weight is 281 g/mol. The van der Waals surface area contributed by atoms with E-state index in [1.807, 2.05) is 18.3 Å². The van der Waals surface area contributed by atoms with Crippen LogP contribution in [0, 0.1) is 0 Å². The van der Waals surface area contributed by atoms with Gasteiger partial charge in [-0.1, -0.05) is 23.4 Å². The highest BCUT2D eigenvalue weighted by atomic mass is 16.5. The monoisotopic (exact) mass is 281 g/mol. The third-order valence-electron chi connectivity index (χ3n) is 3.73. The fourth-order valence-electron chi connectivity index (χ4n) is 2.73. The number of benzene rings is 1. The summed E-state index contributed by atoms with van der Waals surface area (Å²) in [6.45, 7) is 1.45. The predicted octanol–water partition coefficient (Wildman–Crippen LogP) is 2.07. The lowest BCUT2D eigenvalue weighted by atomic mass is 9.98. The zero-order valence-corrected chi connectivity index (χ0v) is 11.4. The van der Waals surface area contributed by atoms with E-state index < -0.39 is 0 Å². The number of fused-ring (bicyclic) bond motifs is 1. The molecule has 4 rings (SSSR count). The molecule has 6 nitrogen and oxygen atoms in total. The van der Waals surface area contributed by atoms with E-state index in [9.17, 15) is 0 Å². The number of hydrogen-bond acceptors (Lipinski definition) is 5. The van der Waals surface area contributed by atoms with Gasteiger partial charge in [0.1, 0.15) is 6.54 Å². The van der Waals surface area contributed by atoms with E-state index in [4.69, 9.17) is 4.52 Å². The molecule has 21 heavy (non-hydrogen) atoms. The zero-order valence-electron chi connectivity index (χ0n) is 11.4. The molecule has 6 heteroatoms. The van der Waals surface area contributed by atoms with Gasteiger partial charge in [-0.25, -0.2) is 0 Å². The van der Waals surface area contributed by atoms with Crippen LogP contribution in [0.25, 0.3) is 0 Å². The molecule has 0 spiro atoms. The number of para-hydroxylation sites is 1. The van der Waals surface area contributed by atoms with Gasteiger partial charge in [0.25, 0.3) is 0 Å². The Morgan fingerprint density at radius 3 is 3.14 bits per heavy atom. The Labute approximate surface area is 121 Å². The van der Waals surface area contributed by atoms with Crippen molar-refractivity contribution in [3.63, 3.8) is 0 Å². The highest BCUT2D eigenvalue weighted by molar-refractivity contribution is 5.57. The molecule has 0 amide bonds. The standard InChI is InChI=1S/C15H15N5O/c1-2-5-13-12(4-1)11(9-16-13)8-15-18-14(19-21-15)10-20-7-3-6-17-20/h1-7,11,16H,8-10H2. The van der Waals surface area contributed by atoms with Crippen LogP contribution in [0.5, 0.6) is 0 Å². The van der Waals surface area contributed by atoms with E-state index in [0.717, 1.165) is 13.0 Å². The highest BCUT2D eigenvalue weighted by Crippen LogP contribution is 2.32. The summed E-state index contributed by atoms with van der Waals surface area (Å²) in [4.78, 5) is 4.46.